The molecule has 1 heterocycles. The van der Waals surface area contributed by atoms with E-state index in [1.807, 2.05) is 0 Å². The number of hydrogen-bond donors (Lipinski definition) is 0. The van der Waals surface area contributed by atoms with E-state index in [4.69, 9.17) is 4.98 Å². The van der Waals surface area contributed by atoms with Crippen molar-refractivity contribution in [2.24, 2.45) is 0 Å². The van der Waals surface area contributed by atoms with E-state index < -0.39 is 26.5 Å². The molecule has 0 unspecified atom stereocenters. The maximum absolute atomic E-state index is 5.12. The molecule has 0 saturated carbocycles. The first-order valence-corrected chi connectivity index (χ1v) is 65.1. The van der Waals surface area contributed by atoms with Gasteiger partial charge in [0.25, 0.3) is 0 Å². The van der Waals surface area contributed by atoms with Gasteiger partial charge in [0.05, 0.1) is 11.0 Å². The van der Waals surface area contributed by atoms with Gasteiger partial charge in [-0.3, -0.25) is 4.57 Å². The van der Waals surface area contributed by atoms with Crippen LogP contribution in [0.1, 0.15) is 0 Å². The molecule has 27 rings (SSSR count). The molecule has 0 N–H and O–H groups in total. The van der Waals surface area contributed by atoms with Crippen LogP contribution in [-0.2, 0) is 0 Å². The number of benzene rings is 26. The number of imidazole rings is 1. The van der Waals surface area contributed by atoms with E-state index in [2.05, 4.69) is 571 Å². The Morgan fingerprint density at radius 3 is 0.986 bits per heavy atom. The second kappa shape index (κ2) is 40.6. The number of hydrogen-bond acceptors (Lipinski definition) is 3. The summed E-state index contributed by atoms with van der Waals surface area (Å²) in [6.07, 6.45) is 0. The van der Waals surface area contributed by atoms with Crippen molar-refractivity contribution in [3.05, 3.63) is 529 Å². The molecule has 0 amide bonds. The van der Waals surface area contributed by atoms with Crippen LogP contribution < -0.4 is 37.5 Å². The third-order valence-electron chi connectivity index (χ3n) is 29.5. The van der Waals surface area contributed by atoms with Crippen LogP contribution in [0.4, 0.5) is 34.1 Å². The van der Waals surface area contributed by atoms with E-state index in [1.54, 1.807) is 0 Å². The van der Waals surface area contributed by atoms with Crippen molar-refractivity contribution in [1.29, 1.82) is 0 Å². The zero-order chi connectivity index (χ0) is 97.4. The Bertz CT molecular complexity index is 9400. The second-order valence-corrected chi connectivity index (χ2v) is 61.7. The second-order valence-electron chi connectivity index (χ2n) is 40.4. The minimum Gasteiger partial charge on any atom is -0.292 e. The molecule has 27 aromatic rings. The van der Waals surface area contributed by atoms with Gasteiger partial charge in [-0.15, -0.1) is 0 Å². The third kappa shape index (κ3) is 18.0. The molecular formula is C140H107BGe2LiN4. The summed E-state index contributed by atoms with van der Waals surface area (Å²) in [5, 5.41) is 27.8. The molecule has 0 bridgehead atoms. The van der Waals surface area contributed by atoms with Crippen molar-refractivity contribution >= 4 is 207 Å². The van der Waals surface area contributed by atoms with Crippen LogP contribution in [0.3, 0.4) is 0 Å². The van der Waals surface area contributed by atoms with Gasteiger partial charge >= 0.3 is 323 Å². The van der Waals surface area contributed by atoms with E-state index in [0.717, 1.165) is 45.0 Å². The van der Waals surface area contributed by atoms with Crippen molar-refractivity contribution in [3.8, 4) is 83.8 Å². The van der Waals surface area contributed by atoms with Crippen LogP contribution in [0.25, 0.3) is 213 Å². The molecule has 148 heavy (non-hydrogen) atoms. The molecule has 0 atom stereocenters. The van der Waals surface area contributed by atoms with Crippen LogP contribution in [0.15, 0.2) is 522 Å². The molecule has 0 aliphatic rings. The Hall–Kier alpha value is -16.3. The summed E-state index contributed by atoms with van der Waals surface area (Å²) >= 11 is -3.93. The number of fused-ring (bicyclic) bond motifs is 9. The summed E-state index contributed by atoms with van der Waals surface area (Å²) in [6, 6.07) is 191. The summed E-state index contributed by atoms with van der Waals surface area (Å²) in [5.74, 6) is 15.7. The van der Waals surface area contributed by atoms with E-state index in [-0.39, 0.29) is 34.7 Å². The number of nitrogens with zero attached hydrogens (tertiary/aromatic N) is 4. The van der Waals surface area contributed by atoms with Crippen LogP contribution in [0, 0.1) is 7.43 Å². The Morgan fingerprint density at radius 1 is 0.209 bits per heavy atom. The van der Waals surface area contributed by atoms with Gasteiger partial charge in [0.2, 0.25) is 0 Å². The van der Waals surface area contributed by atoms with Crippen LogP contribution in [-0.4, -0.2) is 44.5 Å². The third-order valence-corrected chi connectivity index (χ3v) is 38.2. The van der Waals surface area contributed by atoms with Gasteiger partial charge < -0.3 is 7.43 Å². The van der Waals surface area contributed by atoms with Gasteiger partial charge in [-0.25, -0.2) is 4.98 Å². The zero-order valence-electron chi connectivity index (χ0n) is 84.5. The largest absolute Gasteiger partial charge is 1.00 e. The van der Waals surface area contributed by atoms with Gasteiger partial charge in [0, 0.05) is 19.7 Å². The summed E-state index contributed by atoms with van der Waals surface area (Å²) in [6.45, 7) is 0. The predicted octanol–water partition coefficient (Wildman–Crippen LogP) is 35.3. The topological polar surface area (TPSA) is 24.3 Å². The van der Waals surface area contributed by atoms with E-state index >= 15 is 0 Å². The molecule has 8 heteroatoms. The van der Waals surface area contributed by atoms with Gasteiger partial charge in [-0.05, 0) is 201 Å². The molecule has 699 valence electrons. The molecule has 3 radical (unpaired) electrons. The first kappa shape index (κ1) is 96.4. The molecule has 0 spiro atoms. The fourth-order valence-corrected chi connectivity index (χ4v) is 27.2. The number of aromatic nitrogens is 2. The molecule has 4 nitrogen and oxygen atoms in total. The molecule has 26 aromatic carbocycles. The normalized spacial score (nSPS) is 11.6. The first-order chi connectivity index (χ1) is 71.2. The number of para-hydroxylation sites is 5. The Kier molecular flexibility index (Phi) is 26.4. The summed E-state index contributed by atoms with van der Waals surface area (Å²) in [7, 11) is 0. The number of anilines is 6. The fraction of sp³-hybridized carbons (Fsp3) is 0.0429. The van der Waals surface area contributed by atoms with Gasteiger partial charge in [-0.2, -0.15) is 0 Å². The standard InChI is InChI=1S/C53H34N2.C46H44Ge2N2.C40H26.CH3.B.Li/c1-2-16-44(17-3-1)55-50-21-11-10-20-49(50)54-53(55)38-26-22-37(23-27-38)41-30-31-47-48(34-41)52(43-29-25-36-13-5-7-15-40(36)33-43)46-19-9-8-18-45(46)51(47)42-28-24-35-12-4-6-14-39(35)32-42;1-47(2,3)35-21-25-39(26-22-35)49(37-13-9-7-10-14-37)43-31-19-33-18-30-42-44(32-20-34-17-29-41(43)45(33)46(34)42)50(38-15-11-8-12-16-38)40-27-23-36(24-28-40)48(4,5)6;1-2-12-31-26-32(25-22-27(31)10-1)28-20-23-30(24-21-28)39-35-15-5-7-17-37(35)40(38-18-8-6-16-36(38)39)34-19-9-13-29-11-3-4-14-33(29)34;;;/h1-34H;7-32H,1-6H3;1-26H;1H3;;/q;;;-1;;+1. The Morgan fingerprint density at radius 2 is 0.520 bits per heavy atom. The molecule has 0 aliphatic heterocycles. The van der Waals surface area contributed by atoms with E-state index in [1.165, 1.54) is 211 Å². The Labute approximate surface area is 885 Å². The first-order valence-electron chi connectivity index (χ1n) is 50.4. The van der Waals surface area contributed by atoms with E-state index in [9.17, 15) is 0 Å². The monoisotopic (exact) mass is 2010 g/mol. The summed E-state index contributed by atoms with van der Waals surface area (Å²) in [5.41, 5.74) is 26.2. The quantitative estimate of drug-likeness (QED) is 0.0417. The number of rotatable bonds is 16. The maximum Gasteiger partial charge on any atom is 1.00 e. The minimum atomic E-state index is -1.97. The maximum atomic E-state index is 5.12. The zero-order valence-corrected chi connectivity index (χ0v) is 88.7. The molecular weight excluding hydrogens is 1900 g/mol. The van der Waals surface area contributed by atoms with E-state index in [0.29, 0.717) is 0 Å². The summed E-state index contributed by atoms with van der Waals surface area (Å²) in [4.78, 5) is 9.99. The Balaban J connectivity index is 0.000000126. The molecule has 0 aliphatic carbocycles. The fourth-order valence-electron chi connectivity index (χ4n) is 22.3. The molecule has 0 saturated heterocycles. The van der Waals surface area contributed by atoms with Crippen molar-refractivity contribution in [3.63, 3.8) is 0 Å². The van der Waals surface area contributed by atoms with Gasteiger partial charge in [-0.1, -0.05) is 315 Å². The van der Waals surface area contributed by atoms with Crippen molar-refractivity contribution < 1.29 is 18.9 Å². The van der Waals surface area contributed by atoms with Crippen LogP contribution in [0.2, 0.25) is 34.5 Å². The van der Waals surface area contributed by atoms with Crippen molar-refractivity contribution in [2.75, 3.05) is 9.80 Å². The summed E-state index contributed by atoms with van der Waals surface area (Å²) < 4.78 is 5.29. The SMILES string of the molecule is [B].[CH3-].[CH3][Ge]([CH3])([CH3])[c]1ccc(N(c2ccccc2)c2ccc3ccc4c(N(c5ccccc5)c5cc[c]([Ge]([CH3])([CH3])[CH3])cc5)ccc5ccc2c3c54)cc1.[Li+].c1ccc(-n2c(-c3ccc(-c4ccc5c(-c6ccc7ccccc7c6)c6ccccc6c(-c6ccc7ccccc7c6)c5c4)cc3)nc3ccccc32)cc1.c1ccc2cc(-c3ccc(-c4c5ccccc5c(-c5cccc6ccccc56)c5ccccc45)cc3)ccc2c1. The van der Waals surface area contributed by atoms with Crippen LogP contribution >= 0.6 is 0 Å². The van der Waals surface area contributed by atoms with Gasteiger partial charge in [0.1, 0.15) is 5.82 Å². The average Bonchev–Trinajstić information content (AvgIpc) is 0.997. The van der Waals surface area contributed by atoms with Gasteiger partial charge in [0.15, 0.2) is 0 Å². The molecule has 0 fully saturated rings. The smallest absolute Gasteiger partial charge is 0.292 e. The van der Waals surface area contributed by atoms with Crippen molar-refractivity contribution in [1.82, 2.24) is 9.55 Å². The van der Waals surface area contributed by atoms with Crippen LogP contribution in [0.5, 0.6) is 0 Å². The minimum absolute atomic E-state index is 0. The predicted molar refractivity (Wildman–Crippen MR) is 643 cm³/mol. The molecule has 1 aromatic heterocycles. The van der Waals surface area contributed by atoms with Crippen molar-refractivity contribution in [2.45, 2.75) is 34.5 Å². The average molecular weight is 2010 g/mol.